The van der Waals surface area contributed by atoms with Crippen molar-refractivity contribution in [3.8, 4) is 0 Å². The Bertz CT molecular complexity index is 257. The zero-order chi connectivity index (χ0) is 14.5. The summed E-state index contributed by atoms with van der Waals surface area (Å²) in [4.78, 5) is 21.8. The number of amides is 1. The number of hydrogen-bond donors (Lipinski definition) is 2. The zero-order valence-corrected chi connectivity index (χ0v) is 11.8. The molecule has 0 rings (SSSR count). The third-order valence-electron chi connectivity index (χ3n) is 2.88. The van der Waals surface area contributed by atoms with Gasteiger partial charge in [-0.05, 0) is 18.8 Å². The number of hydrogen-bond acceptors (Lipinski definition) is 4. The van der Waals surface area contributed by atoms with Gasteiger partial charge in [0.15, 0.2) is 0 Å². The summed E-state index contributed by atoms with van der Waals surface area (Å²) in [7, 11) is 1.57. The minimum Gasteiger partial charge on any atom is -0.481 e. The second-order valence-corrected chi connectivity index (χ2v) is 4.39. The van der Waals surface area contributed by atoms with Crippen molar-refractivity contribution in [2.24, 2.45) is 5.92 Å². The summed E-state index contributed by atoms with van der Waals surface area (Å²) in [5.74, 6) is -0.580. The quantitative estimate of drug-likeness (QED) is 0.520. The number of carboxylic acid groups (broad SMARTS) is 1. The van der Waals surface area contributed by atoms with Gasteiger partial charge in [0.1, 0.15) is 6.61 Å². The molecule has 0 aromatic rings. The Balaban J connectivity index is 3.57. The Hall–Kier alpha value is -1.14. The molecular weight excluding hydrogens is 250 g/mol. The first kappa shape index (κ1) is 17.9. The highest BCUT2D eigenvalue weighted by Gasteiger charge is 2.09. The average molecular weight is 275 g/mol. The molecule has 0 fully saturated rings. The molecule has 0 aromatic carbocycles. The number of methoxy groups -OCH3 is 1. The van der Waals surface area contributed by atoms with Crippen LogP contribution in [-0.4, -0.2) is 50.5 Å². The van der Waals surface area contributed by atoms with Gasteiger partial charge in [-0.2, -0.15) is 0 Å². The van der Waals surface area contributed by atoms with E-state index in [2.05, 4.69) is 5.32 Å². The second-order valence-electron chi connectivity index (χ2n) is 4.39. The van der Waals surface area contributed by atoms with E-state index in [1.165, 1.54) is 0 Å². The highest BCUT2D eigenvalue weighted by Crippen LogP contribution is 2.14. The molecule has 1 amide bonds. The van der Waals surface area contributed by atoms with E-state index >= 15 is 0 Å². The van der Waals surface area contributed by atoms with Gasteiger partial charge in [-0.1, -0.05) is 13.3 Å². The topological polar surface area (TPSA) is 84.9 Å². The van der Waals surface area contributed by atoms with E-state index in [0.717, 1.165) is 12.8 Å². The van der Waals surface area contributed by atoms with Crippen LogP contribution in [0.5, 0.6) is 0 Å². The summed E-state index contributed by atoms with van der Waals surface area (Å²) in [5.41, 5.74) is 0. The van der Waals surface area contributed by atoms with E-state index in [-0.39, 0.29) is 18.9 Å². The molecule has 0 radical (unpaired) electrons. The Morgan fingerprint density at radius 3 is 2.58 bits per heavy atom. The molecule has 112 valence electrons. The SMILES string of the molecule is CCC(CCNC(=O)COCCOC)CCC(=O)O. The number of rotatable bonds is 12. The van der Waals surface area contributed by atoms with Crippen LogP contribution in [0.4, 0.5) is 0 Å². The van der Waals surface area contributed by atoms with Crippen molar-refractivity contribution in [3.63, 3.8) is 0 Å². The van der Waals surface area contributed by atoms with Gasteiger partial charge in [-0.25, -0.2) is 0 Å². The maximum atomic E-state index is 11.4. The molecule has 1 unspecified atom stereocenters. The number of carbonyl (C=O) groups is 2. The summed E-state index contributed by atoms with van der Waals surface area (Å²) in [6, 6.07) is 0. The predicted molar refractivity (Wildman–Crippen MR) is 71.0 cm³/mol. The van der Waals surface area contributed by atoms with Crippen LogP contribution < -0.4 is 5.32 Å². The van der Waals surface area contributed by atoms with Crippen LogP contribution in [0.3, 0.4) is 0 Å². The highest BCUT2D eigenvalue weighted by atomic mass is 16.5. The monoisotopic (exact) mass is 275 g/mol. The Morgan fingerprint density at radius 1 is 1.26 bits per heavy atom. The fraction of sp³-hybridized carbons (Fsp3) is 0.846. The van der Waals surface area contributed by atoms with Gasteiger partial charge in [0, 0.05) is 20.1 Å². The molecule has 0 aromatic heterocycles. The summed E-state index contributed by atoms with van der Waals surface area (Å²) < 4.78 is 9.88. The van der Waals surface area contributed by atoms with Crippen molar-refractivity contribution in [2.75, 3.05) is 33.5 Å². The first-order valence-corrected chi connectivity index (χ1v) is 6.65. The molecule has 6 heteroatoms. The highest BCUT2D eigenvalue weighted by molar-refractivity contribution is 5.77. The molecule has 0 saturated carbocycles. The molecule has 0 aliphatic carbocycles. The van der Waals surface area contributed by atoms with Crippen molar-refractivity contribution in [1.29, 1.82) is 0 Å². The maximum Gasteiger partial charge on any atom is 0.303 e. The van der Waals surface area contributed by atoms with Crippen LogP contribution in [0.25, 0.3) is 0 Å². The molecule has 2 N–H and O–H groups in total. The Labute approximate surface area is 114 Å². The van der Waals surface area contributed by atoms with Crippen LogP contribution in [0.2, 0.25) is 0 Å². The smallest absolute Gasteiger partial charge is 0.303 e. The van der Waals surface area contributed by atoms with Gasteiger partial charge in [-0.15, -0.1) is 0 Å². The lowest BCUT2D eigenvalue weighted by Crippen LogP contribution is -2.30. The molecular formula is C13H25NO5. The standard InChI is InChI=1S/C13H25NO5/c1-3-11(4-5-13(16)17)6-7-14-12(15)10-19-9-8-18-2/h11H,3-10H2,1-2H3,(H,14,15)(H,16,17). The van der Waals surface area contributed by atoms with Crippen molar-refractivity contribution in [2.45, 2.75) is 32.6 Å². The summed E-state index contributed by atoms with van der Waals surface area (Å²) in [6.07, 6.45) is 2.57. The molecule has 0 saturated heterocycles. The minimum absolute atomic E-state index is 0.0370. The van der Waals surface area contributed by atoms with Crippen LogP contribution in [0, 0.1) is 5.92 Å². The first-order valence-electron chi connectivity index (χ1n) is 6.65. The number of aliphatic carboxylic acids is 1. The third-order valence-corrected chi connectivity index (χ3v) is 2.88. The molecule has 19 heavy (non-hydrogen) atoms. The average Bonchev–Trinajstić information content (AvgIpc) is 2.38. The largest absolute Gasteiger partial charge is 0.481 e. The molecule has 0 aliphatic heterocycles. The number of carbonyl (C=O) groups excluding carboxylic acids is 1. The predicted octanol–water partition coefficient (Wildman–Crippen LogP) is 1.05. The number of nitrogens with one attached hydrogen (secondary N) is 1. The van der Waals surface area contributed by atoms with Crippen LogP contribution in [-0.2, 0) is 19.1 Å². The maximum absolute atomic E-state index is 11.4. The van der Waals surface area contributed by atoms with E-state index < -0.39 is 5.97 Å². The van der Waals surface area contributed by atoms with Crippen LogP contribution >= 0.6 is 0 Å². The van der Waals surface area contributed by atoms with Crippen LogP contribution in [0.1, 0.15) is 32.6 Å². The fourth-order valence-electron chi connectivity index (χ4n) is 1.65. The van der Waals surface area contributed by atoms with Crippen molar-refractivity contribution < 1.29 is 24.2 Å². The van der Waals surface area contributed by atoms with Gasteiger partial charge in [-0.3, -0.25) is 9.59 Å². The van der Waals surface area contributed by atoms with Crippen molar-refractivity contribution >= 4 is 11.9 Å². The number of carboxylic acids is 1. The molecule has 0 aliphatic rings. The Morgan fingerprint density at radius 2 is 2.00 bits per heavy atom. The van der Waals surface area contributed by atoms with E-state index in [1.807, 2.05) is 6.92 Å². The first-order chi connectivity index (χ1) is 9.10. The minimum atomic E-state index is -0.769. The lowest BCUT2D eigenvalue weighted by molar-refractivity contribution is -0.137. The van der Waals surface area contributed by atoms with Gasteiger partial charge < -0.3 is 19.9 Å². The molecule has 0 spiro atoms. The summed E-state index contributed by atoms with van der Waals surface area (Å²) in [5, 5.41) is 11.4. The molecule has 6 nitrogen and oxygen atoms in total. The second kappa shape index (κ2) is 11.9. The van der Waals surface area contributed by atoms with E-state index in [9.17, 15) is 9.59 Å². The van der Waals surface area contributed by atoms with E-state index in [4.69, 9.17) is 14.6 Å². The summed E-state index contributed by atoms with van der Waals surface area (Å²) >= 11 is 0. The zero-order valence-electron chi connectivity index (χ0n) is 11.8. The molecule has 1 atom stereocenters. The molecule has 0 bridgehead atoms. The van der Waals surface area contributed by atoms with Crippen molar-refractivity contribution in [3.05, 3.63) is 0 Å². The van der Waals surface area contributed by atoms with E-state index in [0.29, 0.717) is 32.1 Å². The third kappa shape index (κ3) is 11.7. The van der Waals surface area contributed by atoms with Gasteiger partial charge >= 0.3 is 5.97 Å². The van der Waals surface area contributed by atoms with Gasteiger partial charge in [0.05, 0.1) is 13.2 Å². The summed E-state index contributed by atoms with van der Waals surface area (Å²) in [6.45, 7) is 3.50. The molecule has 0 heterocycles. The van der Waals surface area contributed by atoms with Gasteiger partial charge in [0.25, 0.3) is 0 Å². The normalized spacial score (nSPS) is 12.1. The fourth-order valence-corrected chi connectivity index (χ4v) is 1.65. The Kier molecular flexibility index (Phi) is 11.2. The van der Waals surface area contributed by atoms with Gasteiger partial charge in [0.2, 0.25) is 5.91 Å². The van der Waals surface area contributed by atoms with E-state index in [1.54, 1.807) is 7.11 Å². The van der Waals surface area contributed by atoms with Crippen molar-refractivity contribution in [1.82, 2.24) is 5.32 Å². The lowest BCUT2D eigenvalue weighted by Gasteiger charge is -2.14. The van der Waals surface area contributed by atoms with Crippen LogP contribution in [0.15, 0.2) is 0 Å². The lowest BCUT2D eigenvalue weighted by atomic mass is 9.97. The number of ether oxygens (including phenoxy) is 2.